The molecule has 15 heavy (non-hydrogen) atoms. The van der Waals surface area contributed by atoms with Crippen molar-refractivity contribution >= 4 is 16.3 Å². The van der Waals surface area contributed by atoms with Crippen LogP contribution < -0.4 is 0 Å². The molecule has 92 valence electrons. The van der Waals surface area contributed by atoms with Crippen LogP contribution in [0.2, 0.25) is 5.28 Å². The first-order valence-electron chi connectivity index (χ1n) is 5.73. The minimum atomic E-state index is 0.306. The molecule has 0 fully saturated rings. The Hall–Kier alpha value is 0.452. The molecule has 0 amide bonds. The minimum Gasteiger partial charge on any atom is -0.396 e. The summed E-state index contributed by atoms with van der Waals surface area (Å²) in [5.74, 6) is 1.73. The fourth-order valence-corrected chi connectivity index (χ4v) is 0. The maximum absolute atomic E-state index is 8.14. The first-order chi connectivity index (χ1) is 6.81. The lowest BCUT2D eigenvalue weighted by atomic mass is 10.2. The molecule has 0 atom stereocenters. The molecule has 2 N–H and O–H groups in total. The molecule has 0 heterocycles. The summed E-state index contributed by atoms with van der Waals surface area (Å²) in [5, 5.41) is 17.5. The summed E-state index contributed by atoms with van der Waals surface area (Å²) in [4.78, 5) is 0. The fraction of sp³-hybridized carbons (Fsp3) is 1.00. The van der Waals surface area contributed by atoms with Gasteiger partial charge in [0.25, 0.3) is 0 Å². The van der Waals surface area contributed by atoms with Crippen molar-refractivity contribution in [3.05, 3.63) is 0 Å². The van der Waals surface area contributed by atoms with Gasteiger partial charge in [-0.15, -0.1) is 5.28 Å². The van der Waals surface area contributed by atoms with Crippen LogP contribution >= 0.6 is 0 Å². The lowest BCUT2D eigenvalue weighted by Crippen LogP contribution is -1.90. The molecule has 0 aromatic carbocycles. The zero-order valence-corrected chi connectivity index (χ0v) is 12.5. The number of aliphatic hydroxyl groups excluding tert-OH is 2. The Kier molecular flexibility index (Phi) is 23.4. The van der Waals surface area contributed by atoms with Crippen LogP contribution in [-0.4, -0.2) is 39.7 Å². The Labute approximate surface area is 105 Å². The smallest absolute Gasteiger partial charge is 0.118 e. The highest BCUT2D eigenvalue weighted by molar-refractivity contribution is 6.08. The van der Waals surface area contributed by atoms with E-state index in [9.17, 15) is 0 Å². The average Bonchev–Trinajstić information content (AvgIpc) is 2.19. The van der Waals surface area contributed by atoms with Crippen molar-refractivity contribution in [2.45, 2.75) is 46.8 Å². The lowest BCUT2D eigenvalue weighted by Gasteiger charge is -1.91. The molecule has 0 aliphatic rings. The van der Waals surface area contributed by atoms with E-state index in [0.717, 1.165) is 5.92 Å². The highest BCUT2D eigenvalue weighted by Gasteiger charge is 1.82. The molecule has 0 aromatic rings. The number of hydrogen-bond acceptors (Lipinski definition) is 2. The number of aliphatic hydroxyl groups is 2. The summed E-state index contributed by atoms with van der Waals surface area (Å²) < 4.78 is 0. The van der Waals surface area contributed by atoms with Crippen LogP contribution in [0.5, 0.6) is 0 Å². The van der Waals surface area contributed by atoms with Gasteiger partial charge in [-0.05, 0) is 11.8 Å². The fourth-order valence-electron chi connectivity index (χ4n) is 0. The van der Waals surface area contributed by atoms with E-state index in [0.29, 0.717) is 25.0 Å². The van der Waals surface area contributed by atoms with Crippen LogP contribution in [0.15, 0.2) is 0 Å². The Morgan fingerprint density at radius 2 is 0.867 bits per heavy atom. The molecular formula is C12H29AlO2. The van der Waals surface area contributed by atoms with Crippen molar-refractivity contribution in [1.29, 1.82) is 0 Å². The normalized spacial score (nSPS) is 9.53. The van der Waals surface area contributed by atoms with Gasteiger partial charge in [0, 0.05) is 13.2 Å². The van der Waals surface area contributed by atoms with Gasteiger partial charge in [0.2, 0.25) is 0 Å². The molecule has 0 rings (SSSR count). The summed E-state index contributed by atoms with van der Waals surface area (Å²) >= 11 is 2.69. The molecular weight excluding hydrogens is 203 g/mol. The van der Waals surface area contributed by atoms with Gasteiger partial charge in [0.1, 0.15) is 16.3 Å². The molecule has 0 unspecified atom stereocenters. The van der Waals surface area contributed by atoms with E-state index in [1.165, 1.54) is 5.28 Å². The van der Waals surface area contributed by atoms with Crippen LogP contribution in [0.25, 0.3) is 0 Å². The van der Waals surface area contributed by atoms with Crippen LogP contribution in [0, 0.1) is 17.8 Å². The van der Waals surface area contributed by atoms with Crippen molar-refractivity contribution in [2.75, 3.05) is 13.2 Å². The third-order valence-corrected chi connectivity index (χ3v) is 2.14. The van der Waals surface area contributed by atoms with E-state index in [-0.39, 0.29) is 0 Å². The second-order valence-electron chi connectivity index (χ2n) is 4.78. The molecule has 0 saturated heterocycles. The maximum atomic E-state index is 8.14. The maximum Gasteiger partial charge on any atom is 0.118 e. The van der Waals surface area contributed by atoms with Gasteiger partial charge in [-0.2, -0.15) is 0 Å². The van der Waals surface area contributed by atoms with E-state index in [1.807, 2.05) is 27.7 Å². The molecule has 3 heteroatoms. The predicted octanol–water partition coefficient (Wildman–Crippen LogP) is 2.50. The van der Waals surface area contributed by atoms with E-state index >= 15 is 0 Å². The van der Waals surface area contributed by atoms with Gasteiger partial charge in [0.05, 0.1) is 0 Å². The summed E-state index contributed by atoms with van der Waals surface area (Å²) in [5.41, 5.74) is 0. The average molecular weight is 232 g/mol. The van der Waals surface area contributed by atoms with Crippen molar-refractivity contribution in [2.24, 2.45) is 17.8 Å². The molecule has 2 nitrogen and oxygen atoms in total. The van der Waals surface area contributed by atoms with Crippen LogP contribution in [0.1, 0.15) is 41.5 Å². The zero-order chi connectivity index (χ0) is 12.9. The molecule has 0 bridgehead atoms. The summed E-state index contributed by atoms with van der Waals surface area (Å²) in [6.45, 7) is 12.9. The molecule has 0 spiro atoms. The Balaban J connectivity index is -0.000000144. The number of hydrogen-bond donors (Lipinski definition) is 2. The second-order valence-corrected chi connectivity index (χ2v) is 5.25. The quantitative estimate of drug-likeness (QED) is 0.734. The van der Waals surface area contributed by atoms with Crippen molar-refractivity contribution < 1.29 is 10.2 Å². The van der Waals surface area contributed by atoms with Crippen LogP contribution in [-0.2, 0) is 0 Å². The summed E-state index contributed by atoms with van der Waals surface area (Å²) in [7, 11) is 0. The van der Waals surface area contributed by atoms with Gasteiger partial charge in [-0.3, -0.25) is 0 Å². The second kappa shape index (κ2) is 16.9. The molecule has 0 aliphatic heterocycles. The topological polar surface area (TPSA) is 40.5 Å². The van der Waals surface area contributed by atoms with Crippen LogP contribution in [0.4, 0.5) is 0 Å². The first kappa shape index (κ1) is 20.8. The van der Waals surface area contributed by atoms with Gasteiger partial charge in [0.15, 0.2) is 0 Å². The third-order valence-electron chi connectivity index (χ3n) is 1.20. The van der Waals surface area contributed by atoms with Crippen LogP contribution in [0.3, 0.4) is 0 Å². The highest BCUT2D eigenvalue weighted by atomic mass is 27.0. The van der Waals surface area contributed by atoms with E-state index < -0.39 is 0 Å². The van der Waals surface area contributed by atoms with E-state index in [4.69, 9.17) is 10.2 Å². The first-order valence-corrected chi connectivity index (χ1v) is 6.55. The van der Waals surface area contributed by atoms with Crippen molar-refractivity contribution in [3.63, 3.8) is 0 Å². The summed E-state index contributed by atoms with van der Waals surface area (Å²) in [6.07, 6.45) is 0. The SMILES string of the molecule is CC(C)CO.CC(C)CO.CC(C)[CH2][Al]. The Morgan fingerprint density at radius 3 is 0.867 bits per heavy atom. The number of rotatable bonds is 3. The standard InChI is InChI=1S/2C4H10O.C4H9.Al/c2*1-4(2)3-5;1-4(2)3;/h2*4-5H,3H2,1-2H3;4H,1H2,2-3H3;. The van der Waals surface area contributed by atoms with Crippen molar-refractivity contribution in [3.8, 4) is 0 Å². The van der Waals surface area contributed by atoms with Crippen molar-refractivity contribution in [1.82, 2.24) is 0 Å². The lowest BCUT2D eigenvalue weighted by molar-refractivity contribution is 0.248. The highest BCUT2D eigenvalue weighted by Crippen LogP contribution is 1.92. The minimum absolute atomic E-state index is 0.306. The molecule has 2 radical (unpaired) electrons. The predicted molar refractivity (Wildman–Crippen MR) is 69.2 cm³/mol. The van der Waals surface area contributed by atoms with Gasteiger partial charge < -0.3 is 10.2 Å². The summed E-state index contributed by atoms with van der Waals surface area (Å²) in [6, 6.07) is 0. The largest absolute Gasteiger partial charge is 0.396 e. The molecule has 0 aromatic heterocycles. The van der Waals surface area contributed by atoms with E-state index in [2.05, 4.69) is 30.1 Å². The van der Waals surface area contributed by atoms with Gasteiger partial charge in [-0.1, -0.05) is 47.5 Å². The molecule has 0 aliphatic carbocycles. The van der Waals surface area contributed by atoms with E-state index in [1.54, 1.807) is 0 Å². The van der Waals surface area contributed by atoms with Gasteiger partial charge >= 0.3 is 0 Å². The van der Waals surface area contributed by atoms with Gasteiger partial charge in [-0.25, -0.2) is 0 Å². The zero-order valence-electron chi connectivity index (χ0n) is 11.3. The Morgan fingerprint density at radius 1 is 0.733 bits per heavy atom. The molecule has 0 saturated carbocycles. The third kappa shape index (κ3) is 53.8. The Bertz CT molecular complexity index is 74.6. The monoisotopic (exact) mass is 232 g/mol.